The van der Waals surface area contributed by atoms with Crippen LogP contribution < -0.4 is 21.4 Å². The Balaban J connectivity index is 2.95. The summed E-state index contributed by atoms with van der Waals surface area (Å²) < 4.78 is 5.25. The third-order valence-electron chi connectivity index (χ3n) is 5.51. The van der Waals surface area contributed by atoms with E-state index in [1.165, 1.54) is 0 Å². The average Bonchev–Trinajstić information content (AvgIpc) is 2.76. The van der Waals surface area contributed by atoms with Crippen LogP contribution in [0.3, 0.4) is 0 Å². The average molecular weight is 499 g/mol. The molecule has 0 spiro atoms. The number of hydrogen-bond acceptors (Lipinski definition) is 7. The van der Waals surface area contributed by atoms with Crippen molar-refractivity contribution < 1.29 is 33.5 Å². The fourth-order valence-corrected chi connectivity index (χ4v) is 3.34. The molecule has 0 bridgehead atoms. The van der Waals surface area contributed by atoms with Gasteiger partial charge in [-0.15, -0.1) is 0 Å². The summed E-state index contributed by atoms with van der Waals surface area (Å²) in [7, 11) is 0. The molecule has 0 radical (unpaired) electrons. The van der Waals surface area contributed by atoms with Crippen molar-refractivity contribution in [2.24, 2.45) is 17.3 Å². The van der Waals surface area contributed by atoms with Gasteiger partial charge in [0, 0.05) is 0 Å². The van der Waals surface area contributed by atoms with Gasteiger partial charge in [0.1, 0.15) is 12.1 Å². The van der Waals surface area contributed by atoms with E-state index in [9.17, 15) is 24.0 Å². The highest BCUT2D eigenvalue weighted by Gasteiger charge is 2.34. The summed E-state index contributed by atoms with van der Waals surface area (Å²) in [6.07, 6.45) is 0.881. The van der Waals surface area contributed by atoms with Crippen LogP contribution in [0, 0.1) is 17.3 Å². The van der Waals surface area contributed by atoms with Crippen LogP contribution in [-0.2, 0) is 28.8 Å². The van der Waals surface area contributed by atoms with Crippen molar-refractivity contribution in [1.29, 1.82) is 0 Å². The highest BCUT2D eigenvalue weighted by atomic mass is 16.7. The van der Waals surface area contributed by atoms with E-state index < -0.39 is 47.7 Å². The first-order valence-corrected chi connectivity index (χ1v) is 12.2. The summed E-state index contributed by atoms with van der Waals surface area (Å²) in [6.45, 7) is 13.7. The highest BCUT2D eigenvalue weighted by Crippen LogP contribution is 2.15. The van der Waals surface area contributed by atoms with Crippen LogP contribution in [0.4, 0.5) is 4.79 Å². The topological polar surface area (TPSA) is 152 Å². The number of Topliss-reactive ketones (excluding diaryl/α,β-unsaturated/α-hetero) is 1. The van der Waals surface area contributed by atoms with E-state index in [1.54, 1.807) is 0 Å². The zero-order valence-electron chi connectivity index (χ0n) is 22.0. The number of carbonyl (C=O) groups excluding carboxylic acids is 5. The molecule has 4 atom stereocenters. The van der Waals surface area contributed by atoms with Crippen LogP contribution in [0.25, 0.3) is 0 Å². The molecule has 1 rings (SSSR count). The monoisotopic (exact) mass is 498 g/mol. The molecule has 0 saturated carbocycles. The van der Waals surface area contributed by atoms with Crippen LogP contribution in [0.2, 0.25) is 0 Å². The normalized spacial score (nSPS) is 19.5. The Labute approximate surface area is 207 Å². The van der Waals surface area contributed by atoms with Crippen molar-refractivity contribution in [3.63, 3.8) is 0 Å². The maximum Gasteiger partial charge on any atom is 0.407 e. The lowest BCUT2D eigenvalue weighted by Gasteiger charge is -2.28. The summed E-state index contributed by atoms with van der Waals surface area (Å²) in [6, 6.07) is -2.89. The number of amides is 4. The van der Waals surface area contributed by atoms with E-state index in [0.29, 0.717) is 19.3 Å². The van der Waals surface area contributed by atoms with Crippen molar-refractivity contribution in [1.82, 2.24) is 21.4 Å². The first-order chi connectivity index (χ1) is 16.2. The van der Waals surface area contributed by atoms with Gasteiger partial charge >= 0.3 is 12.0 Å². The molecular formula is C24H42N4O7. The predicted octanol–water partition coefficient (Wildman–Crippen LogP) is 1.60. The SMILES string of the molecule is CCC(C)C(NC(=O)OCC(C)(C)C)C(=O)NC(CC(C)C)C(=O)NC1CCCONC(=O)C1=O. The molecule has 1 heterocycles. The summed E-state index contributed by atoms with van der Waals surface area (Å²) in [5.41, 5.74) is 1.81. The second-order valence-corrected chi connectivity index (χ2v) is 10.7. The Kier molecular flexibility index (Phi) is 12.1. The molecular weight excluding hydrogens is 456 g/mol. The number of alkyl carbamates (subject to hydrolysis) is 1. The van der Waals surface area contributed by atoms with Gasteiger partial charge in [0.25, 0.3) is 0 Å². The summed E-state index contributed by atoms with van der Waals surface area (Å²) in [4.78, 5) is 67.6. The number of ketones is 1. The summed E-state index contributed by atoms with van der Waals surface area (Å²) in [5, 5.41) is 7.95. The first kappa shape index (κ1) is 30.3. The van der Waals surface area contributed by atoms with Crippen molar-refractivity contribution in [3.8, 4) is 0 Å². The lowest BCUT2D eigenvalue weighted by atomic mass is 9.96. The summed E-state index contributed by atoms with van der Waals surface area (Å²) in [5.74, 6) is -3.03. The van der Waals surface area contributed by atoms with E-state index in [4.69, 9.17) is 9.57 Å². The highest BCUT2D eigenvalue weighted by molar-refractivity contribution is 6.38. The fraction of sp³-hybridized carbons (Fsp3) is 0.792. The number of ether oxygens (including phenoxy) is 1. The number of hydroxylamine groups is 1. The van der Waals surface area contributed by atoms with Gasteiger partial charge < -0.3 is 20.7 Å². The van der Waals surface area contributed by atoms with Crippen molar-refractivity contribution in [2.45, 2.75) is 92.3 Å². The second kappa shape index (κ2) is 14.0. The lowest BCUT2D eigenvalue weighted by molar-refractivity contribution is -0.149. The molecule has 4 amide bonds. The minimum absolute atomic E-state index is 0.0440. The Bertz CT molecular complexity index is 763. The molecule has 1 fully saturated rings. The zero-order chi connectivity index (χ0) is 26.8. The number of nitrogens with one attached hydrogen (secondary N) is 4. The van der Waals surface area contributed by atoms with Crippen molar-refractivity contribution in [2.75, 3.05) is 13.2 Å². The third-order valence-corrected chi connectivity index (χ3v) is 5.51. The molecule has 0 aromatic carbocycles. The van der Waals surface area contributed by atoms with Crippen LogP contribution >= 0.6 is 0 Å². The largest absolute Gasteiger partial charge is 0.449 e. The van der Waals surface area contributed by atoms with E-state index in [-0.39, 0.29) is 36.9 Å². The third kappa shape index (κ3) is 11.1. The molecule has 4 unspecified atom stereocenters. The number of carbonyl (C=O) groups is 5. The van der Waals surface area contributed by atoms with Gasteiger partial charge in [-0.1, -0.05) is 54.9 Å². The molecule has 35 heavy (non-hydrogen) atoms. The van der Waals surface area contributed by atoms with Gasteiger partial charge in [0.05, 0.1) is 19.3 Å². The quantitative estimate of drug-likeness (QED) is 0.334. The molecule has 1 saturated heterocycles. The van der Waals surface area contributed by atoms with Gasteiger partial charge in [0.15, 0.2) is 0 Å². The Hall–Kier alpha value is -2.69. The van der Waals surface area contributed by atoms with E-state index >= 15 is 0 Å². The van der Waals surface area contributed by atoms with E-state index in [1.807, 2.05) is 53.9 Å². The Morgan fingerprint density at radius 1 is 1.11 bits per heavy atom. The number of rotatable bonds is 10. The second-order valence-electron chi connectivity index (χ2n) is 10.7. The van der Waals surface area contributed by atoms with Crippen LogP contribution in [0.5, 0.6) is 0 Å². The van der Waals surface area contributed by atoms with E-state index in [0.717, 1.165) is 0 Å². The Morgan fingerprint density at radius 2 is 1.77 bits per heavy atom. The smallest absolute Gasteiger partial charge is 0.407 e. The van der Waals surface area contributed by atoms with Gasteiger partial charge in [-0.3, -0.25) is 24.0 Å². The zero-order valence-corrected chi connectivity index (χ0v) is 22.0. The van der Waals surface area contributed by atoms with Crippen molar-refractivity contribution in [3.05, 3.63) is 0 Å². The molecule has 11 nitrogen and oxygen atoms in total. The Morgan fingerprint density at radius 3 is 2.34 bits per heavy atom. The van der Waals surface area contributed by atoms with Gasteiger partial charge in [-0.25, -0.2) is 10.3 Å². The molecule has 0 aromatic rings. The van der Waals surface area contributed by atoms with E-state index in [2.05, 4.69) is 16.0 Å². The standard InChI is InChI=1S/C24H42N4O7/c1-8-15(4)18(27-23(33)34-13-24(5,6)7)21(31)26-17(12-14(2)3)20(30)25-16-10-9-11-35-28-22(32)19(16)29/h14-18H,8-13H2,1-7H3,(H,25,30)(H,26,31)(H,27,33)(H,28,32). The maximum absolute atomic E-state index is 13.2. The minimum atomic E-state index is -1.02. The van der Waals surface area contributed by atoms with Gasteiger partial charge in [-0.05, 0) is 36.5 Å². The van der Waals surface area contributed by atoms with Gasteiger partial charge in [0.2, 0.25) is 17.6 Å². The predicted molar refractivity (Wildman–Crippen MR) is 129 cm³/mol. The molecule has 0 aromatic heterocycles. The molecule has 4 N–H and O–H groups in total. The molecule has 0 aliphatic carbocycles. The lowest BCUT2D eigenvalue weighted by Crippen LogP contribution is -2.58. The van der Waals surface area contributed by atoms with Crippen LogP contribution in [0.15, 0.2) is 0 Å². The number of hydrogen-bond donors (Lipinski definition) is 4. The molecule has 1 aliphatic rings. The molecule has 1 aliphatic heterocycles. The fourth-order valence-electron chi connectivity index (χ4n) is 3.34. The van der Waals surface area contributed by atoms with Crippen LogP contribution in [0.1, 0.15) is 74.1 Å². The minimum Gasteiger partial charge on any atom is -0.449 e. The van der Waals surface area contributed by atoms with Gasteiger partial charge in [-0.2, -0.15) is 0 Å². The molecule has 11 heteroatoms. The molecule has 200 valence electrons. The summed E-state index contributed by atoms with van der Waals surface area (Å²) >= 11 is 0. The first-order valence-electron chi connectivity index (χ1n) is 12.2. The van der Waals surface area contributed by atoms with Crippen molar-refractivity contribution >= 4 is 29.6 Å². The van der Waals surface area contributed by atoms with Crippen LogP contribution in [-0.4, -0.2) is 60.9 Å². The maximum atomic E-state index is 13.2.